The van der Waals surface area contributed by atoms with Gasteiger partial charge in [-0.2, -0.15) is 8.78 Å². The fourth-order valence-electron chi connectivity index (χ4n) is 1.52. The highest BCUT2D eigenvalue weighted by Crippen LogP contribution is 2.30. The Morgan fingerprint density at radius 2 is 1.45 bits per heavy atom. The lowest BCUT2D eigenvalue weighted by molar-refractivity contribution is -0.137. The normalized spacial score (nSPS) is 12.7. The molecule has 0 N–H and O–H groups in total. The lowest BCUT2D eigenvalue weighted by atomic mass is 10.0. The van der Waals surface area contributed by atoms with E-state index in [0.717, 1.165) is 0 Å². The Hall–Kier alpha value is -2.44. The molecular weight excluding hydrogens is 307 g/mol. The van der Waals surface area contributed by atoms with E-state index in [1.807, 2.05) is 0 Å². The number of esters is 1. The number of rotatable bonds is 5. The standard InChI is InChI=1S/C15H11F5O2/c1-4-6-8(5-2)7(3)15(21)22-14-12(19)10(17)9(16)11(18)13(14)20/h4-7H,1-2H2,3H3/b8-6+. The SMILES string of the molecule is C=C/C=C(\C=C)C(C)C(=O)Oc1c(F)c(F)c(F)c(F)c1F. The van der Waals surface area contributed by atoms with E-state index in [0.29, 0.717) is 5.57 Å². The molecule has 0 saturated carbocycles. The van der Waals surface area contributed by atoms with Crippen LogP contribution in [0.4, 0.5) is 22.0 Å². The molecule has 7 heteroatoms. The van der Waals surface area contributed by atoms with E-state index >= 15 is 0 Å². The summed E-state index contributed by atoms with van der Waals surface area (Å²) in [4.78, 5) is 11.8. The van der Waals surface area contributed by atoms with Gasteiger partial charge in [0.25, 0.3) is 0 Å². The maximum absolute atomic E-state index is 13.4. The number of ether oxygens (including phenoxy) is 1. The second-order valence-corrected chi connectivity index (χ2v) is 4.15. The second-order valence-electron chi connectivity index (χ2n) is 4.15. The van der Waals surface area contributed by atoms with Crippen molar-refractivity contribution in [3.63, 3.8) is 0 Å². The lowest BCUT2D eigenvalue weighted by Gasteiger charge is -2.13. The fourth-order valence-corrected chi connectivity index (χ4v) is 1.52. The van der Waals surface area contributed by atoms with Crippen LogP contribution in [0, 0.1) is 35.0 Å². The van der Waals surface area contributed by atoms with Crippen molar-refractivity contribution < 1.29 is 31.5 Å². The van der Waals surface area contributed by atoms with Crippen molar-refractivity contribution in [1.29, 1.82) is 0 Å². The molecule has 1 rings (SSSR count). The van der Waals surface area contributed by atoms with Crippen molar-refractivity contribution in [2.45, 2.75) is 6.92 Å². The fraction of sp³-hybridized carbons (Fsp3) is 0.133. The Morgan fingerprint density at radius 3 is 1.86 bits per heavy atom. The molecule has 1 unspecified atom stereocenters. The minimum Gasteiger partial charge on any atom is -0.420 e. The van der Waals surface area contributed by atoms with Gasteiger partial charge in [-0.3, -0.25) is 4.79 Å². The average molecular weight is 318 g/mol. The number of hydrogen-bond donors (Lipinski definition) is 0. The predicted octanol–water partition coefficient (Wildman–Crippen LogP) is 4.22. The number of halogens is 5. The second kappa shape index (κ2) is 7.02. The summed E-state index contributed by atoms with van der Waals surface area (Å²) in [6, 6.07) is 0. The minimum atomic E-state index is -2.33. The van der Waals surface area contributed by atoms with Crippen LogP contribution in [0.1, 0.15) is 6.92 Å². The zero-order valence-electron chi connectivity index (χ0n) is 11.4. The molecule has 0 amide bonds. The van der Waals surface area contributed by atoms with Gasteiger partial charge in [-0.25, -0.2) is 13.2 Å². The molecule has 0 aromatic heterocycles. The third-order valence-corrected chi connectivity index (χ3v) is 2.77. The van der Waals surface area contributed by atoms with Gasteiger partial charge in [-0.1, -0.05) is 31.4 Å². The smallest absolute Gasteiger partial charge is 0.318 e. The summed E-state index contributed by atoms with van der Waals surface area (Å²) in [5, 5.41) is 0. The van der Waals surface area contributed by atoms with E-state index in [4.69, 9.17) is 0 Å². The molecule has 0 saturated heterocycles. The summed E-state index contributed by atoms with van der Waals surface area (Å²) in [6.45, 7) is 8.13. The molecule has 0 aliphatic rings. The molecule has 1 atom stereocenters. The predicted molar refractivity (Wildman–Crippen MR) is 69.5 cm³/mol. The van der Waals surface area contributed by atoms with Crippen LogP contribution in [-0.4, -0.2) is 5.97 Å². The highest BCUT2D eigenvalue weighted by atomic mass is 19.2. The van der Waals surface area contributed by atoms with Crippen molar-refractivity contribution in [1.82, 2.24) is 0 Å². The van der Waals surface area contributed by atoms with Crippen molar-refractivity contribution in [2.24, 2.45) is 5.92 Å². The maximum Gasteiger partial charge on any atom is 0.318 e. The molecule has 0 heterocycles. The van der Waals surface area contributed by atoms with Crippen molar-refractivity contribution in [3.8, 4) is 5.75 Å². The summed E-state index contributed by atoms with van der Waals surface area (Å²) < 4.78 is 70.0. The van der Waals surface area contributed by atoms with Crippen molar-refractivity contribution >= 4 is 5.97 Å². The Bertz CT molecular complexity index is 635. The summed E-state index contributed by atoms with van der Waals surface area (Å²) >= 11 is 0. The Morgan fingerprint density at radius 1 is 1.00 bits per heavy atom. The Balaban J connectivity index is 3.21. The number of carbonyl (C=O) groups is 1. The summed E-state index contributed by atoms with van der Waals surface area (Å²) in [7, 11) is 0. The van der Waals surface area contributed by atoms with Crippen LogP contribution in [0.2, 0.25) is 0 Å². The van der Waals surface area contributed by atoms with Crippen LogP contribution in [0.5, 0.6) is 5.75 Å². The lowest BCUT2D eigenvalue weighted by Crippen LogP contribution is -2.21. The van der Waals surface area contributed by atoms with Gasteiger partial charge in [0.2, 0.25) is 34.8 Å². The topological polar surface area (TPSA) is 26.3 Å². The van der Waals surface area contributed by atoms with Gasteiger partial charge in [-0.15, -0.1) is 0 Å². The minimum absolute atomic E-state index is 0.295. The van der Waals surface area contributed by atoms with Crippen LogP contribution in [0.3, 0.4) is 0 Å². The first-order valence-electron chi connectivity index (χ1n) is 5.94. The Labute approximate surface area is 123 Å². The maximum atomic E-state index is 13.4. The van der Waals surface area contributed by atoms with Gasteiger partial charge >= 0.3 is 5.97 Å². The zero-order chi connectivity index (χ0) is 17.0. The quantitative estimate of drug-likeness (QED) is 0.203. The first-order chi connectivity index (χ1) is 10.3. The monoisotopic (exact) mass is 318 g/mol. The molecule has 0 spiro atoms. The molecule has 22 heavy (non-hydrogen) atoms. The van der Waals surface area contributed by atoms with Gasteiger partial charge in [0.1, 0.15) is 0 Å². The highest BCUT2D eigenvalue weighted by molar-refractivity contribution is 5.78. The van der Waals surface area contributed by atoms with Gasteiger partial charge in [0, 0.05) is 0 Å². The molecule has 118 valence electrons. The van der Waals surface area contributed by atoms with Gasteiger partial charge < -0.3 is 4.74 Å². The van der Waals surface area contributed by atoms with Crippen LogP contribution in [0.15, 0.2) is 37.0 Å². The molecule has 0 radical (unpaired) electrons. The first-order valence-corrected chi connectivity index (χ1v) is 5.94. The highest BCUT2D eigenvalue weighted by Gasteiger charge is 2.30. The summed E-state index contributed by atoms with van der Waals surface area (Å²) in [5.41, 5.74) is 0.295. The van der Waals surface area contributed by atoms with Crippen LogP contribution >= 0.6 is 0 Å². The Kier molecular flexibility index (Phi) is 5.62. The average Bonchev–Trinajstić information content (AvgIpc) is 2.51. The third kappa shape index (κ3) is 3.24. The van der Waals surface area contributed by atoms with E-state index in [-0.39, 0.29) is 0 Å². The van der Waals surface area contributed by atoms with E-state index in [1.54, 1.807) is 0 Å². The molecular formula is C15H11F5O2. The summed E-state index contributed by atoms with van der Waals surface area (Å²) in [6.07, 6.45) is 3.99. The molecule has 0 fully saturated rings. The van der Waals surface area contributed by atoms with Gasteiger partial charge in [0.15, 0.2) is 0 Å². The third-order valence-electron chi connectivity index (χ3n) is 2.77. The molecule has 1 aromatic rings. The largest absolute Gasteiger partial charge is 0.420 e. The zero-order valence-corrected chi connectivity index (χ0v) is 11.4. The molecule has 0 aliphatic heterocycles. The van der Waals surface area contributed by atoms with E-state index < -0.39 is 46.7 Å². The molecule has 1 aromatic carbocycles. The van der Waals surface area contributed by atoms with Crippen LogP contribution in [-0.2, 0) is 4.79 Å². The number of benzene rings is 1. The van der Waals surface area contributed by atoms with Crippen molar-refractivity contribution in [3.05, 3.63) is 66.0 Å². The van der Waals surface area contributed by atoms with E-state index in [9.17, 15) is 26.7 Å². The summed E-state index contributed by atoms with van der Waals surface area (Å²) in [5.74, 6) is -15.1. The first kappa shape index (κ1) is 17.6. The molecule has 0 aliphatic carbocycles. The van der Waals surface area contributed by atoms with E-state index in [1.165, 1.54) is 25.2 Å². The van der Waals surface area contributed by atoms with Crippen LogP contribution in [0.25, 0.3) is 0 Å². The van der Waals surface area contributed by atoms with Gasteiger partial charge in [-0.05, 0) is 12.5 Å². The number of allylic oxidation sites excluding steroid dienone is 3. The number of hydrogen-bond acceptors (Lipinski definition) is 2. The van der Waals surface area contributed by atoms with Gasteiger partial charge in [0.05, 0.1) is 5.92 Å². The number of carbonyl (C=O) groups excluding carboxylic acids is 1. The van der Waals surface area contributed by atoms with E-state index in [2.05, 4.69) is 17.9 Å². The van der Waals surface area contributed by atoms with Crippen LogP contribution < -0.4 is 4.74 Å². The molecule has 0 bridgehead atoms. The van der Waals surface area contributed by atoms with Crippen molar-refractivity contribution in [2.75, 3.05) is 0 Å². The molecule has 2 nitrogen and oxygen atoms in total.